The molecule has 74 valence electrons. The fraction of sp³-hybridized carbons (Fsp3) is 0. The number of rotatable bonds is 1. The molecule has 0 aliphatic carbocycles. The number of nitrogens with zero attached hydrogens (tertiary/aromatic N) is 4. The maximum atomic E-state index is 5.92. The van der Waals surface area contributed by atoms with Crippen molar-refractivity contribution < 1.29 is 0 Å². The highest BCUT2D eigenvalue weighted by Gasteiger charge is 2.12. The summed E-state index contributed by atoms with van der Waals surface area (Å²) in [7, 11) is 0. The van der Waals surface area contributed by atoms with Gasteiger partial charge >= 0.3 is 0 Å². The van der Waals surface area contributed by atoms with Gasteiger partial charge in [0, 0.05) is 5.56 Å². The van der Waals surface area contributed by atoms with Gasteiger partial charge in [0.15, 0.2) is 5.65 Å². The monoisotopic (exact) mass is 200 g/mol. The Morgan fingerprint density at radius 2 is 2.00 bits per heavy atom. The molecule has 2 heterocycles. The Kier molecular flexibility index (Phi) is 1.49. The third-order valence-electron chi connectivity index (χ3n) is 2.24. The van der Waals surface area contributed by atoms with Crippen molar-refractivity contribution in [1.82, 2.24) is 25.3 Å². The number of nitrogens with two attached hydrogens (primary N) is 1. The first-order valence-electron chi connectivity index (χ1n) is 4.47. The maximum absolute atomic E-state index is 5.92. The molecule has 3 N–H and O–H groups in total. The molecule has 0 saturated heterocycles. The molecule has 0 aliphatic rings. The maximum Gasteiger partial charge on any atom is 0.197 e. The van der Waals surface area contributed by atoms with E-state index in [0.717, 1.165) is 11.3 Å². The smallest absolute Gasteiger partial charge is 0.197 e. The van der Waals surface area contributed by atoms with Gasteiger partial charge < -0.3 is 5.73 Å². The molecule has 0 unspecified atom stereocenters. The predicted octanol–water partition coefficient (Wildman–Crippen LogP) is 0.702. The third-order valence-corrected chi connectivity index (χ3v) is 2.24. The number of H-pyrrole nitrogens is 1. The van der Waals surface area contributed by atoms with Crippen molar-refractivity contribution in [3.05, 3.63) is 30.3 Å². The Bertz CT molecular complexity index is 593. The Labute approximate surface area is 84.7 Å². The number of anilines is 1. The number of hydrogen-bond acceptors (Lipinski definition) is 4. The van der Waals surface area contributed by atoms with Crippen LogP contribution >= 0.6 is 0 Å². The highest BCUT2D eigenvalue weighted by molar-refractivity contribution is 5.82. The molecule has 0 aliphatic heterocycles. The van der Waals surface area contributed by atoms with E-state index < -0.39 is 0 Å². The number of aromatic amines is 1. The Hall–Kier alpha value is -2.37. The van der Waals surface area contributed by atoms with Crippen molar-refractivity contribution >= 4 is 11.3 Å². The van der Waals surface area contributed by atoms with Crippen LogP contribution in [0.15, 0.2) is 30.3 Å². The van der Waals surface area contributed by atoms with E-state index in [1.807, 2.05) is 30.3 Å². The number of fused-ring (bicyclic) bond motifs is 1. The summed E-state index contributed by atoms with van der Waals surface area (Å²) < 4.78 is 1.39. The van der Waals surface area contributed by atoms with E-state index in [4.69, 9.17) is 5.73 Å². The van der Waals surface area contributed by atoms with Crippen molar-refractivity contribution in [3.63, 3.8) is 0 Å². The van der Waals surface area contributed by atoms with E-state index in [9.17, 15) is 0 Å². The molecular formula is C9H8N6. The number of aromatic nitrogens is 5. The summed E-state index contributed by atoms with van der Waals surface area (Å²) in [5, 5.41) is 14.3. The first kappa shape index (κ1) is 7.98. The summed E-state index contributed by atoms with van der Waals surface area (Å²) in [4.78, 5) is 0. The molecule has 0 atom stereocenters. The molecule has 15 heavy (non-hydrogen) atoms. The van der Waals surface area contributed by atoms with Gasteiger partial charge in [0.2, 0.25) is 0 Å². The van der Waals surface area contributed by atoms with E-state index in [1.54, 1.807) is 0 Å². The second-order valence-electron chi connectivity index (χ2n) is 3.17. The zero-order chi connectivity index (χ0) is 10.3. The highest BCUT2D eigenvalue weighted by atomic mass is 15.6. The minimum Gasteiger partial charge on any atom is -0.394 e. The summed E-state index contributed by atoms with van der Waals surface area (Å²) >= 11 is 0. The summed E-state index contributed by atoms with van der Waals surface area (Å²) in [5.74, 6) is 0. The zero-order valence-electron chi connectivity index (χ0n) is 7.75. The lowest BCUT2D eigenvalue weighted by atomic mass is 10.1. The third kappa shape index (κ3) is 1.08. The van der Waals surface area contributed by atoms with Crippen LogP contribution in [0.2, 0.25) is 0 Å². The lowest BCUT2D eigenvalue weighted by Crippen LogP contribution is -1.89. The van der Waals surface area contributed by atoms with Crippen molar-refractivity contribution in [2.75, 3.05) is 5.73 Å². The number of tetrazole rings is 1. The molecule has 6 heteroatoms. The second-order valence-corrected chi connectivity index (χ2v) is 3.17. The standard InChI is InChI=1S/C9H8N6/c10-7-8(6-4-2-1-3-5-6)12-15-9(7)11-13-14-15/h1-5H,10H2,(H,11,14). The van der Waals surface area contributed by atoms with E-state index in [-0.39, 0.29) is 0 Å². The topological polar surface area (TPSA) is 84.9 Å². The Balaban J connectivity index is 2.27. The van der Waals surface area contributed by atoms with Gasteiger partial charge in [-0.05, 0) is 10.4 Å². The molecule has 0 bridgehead atoms. The largest absolute Gasteiger partial charge is 0.394 e. The molecule has 3 rings (SSSR count). The number of benzene rings is 1. The average Bonchev–Trinajstić information content (AvgIpc) is 2.83. The molecule has 6 nitrogen and oxygen atoms in total. The highest BCUT2D eigenvalue weighted by Crippen LogP contribution is 2.25. The Morgan fingerprint density at radius 1 is 1.20 bits per heavy atom. The SMILES string of the molecule is Nc1c(-c2ccccc2)nn2nn[nH]c12. The number of nitrogen functional groups attached to an aromatic ring is 1. The van der Waals surface area contributed by atoms with Gasteiger partial charge in [-0.15, -0.1) is 9.73 Å². The molecular weight excluding hydrogens is 192 g/mol. The molecule has 0 spiro atoms. The van der Waals surface area contributed by atoms with Crippen LogP contribution < -0.4 is 5.73 Å². The first-order chi connectivity index (χ1) is 7.36. The summed E-state index contributed by atoms with van der Waals surface area (Å²) in [6.07, 6.45) is 0. The molecule has 1 aromatic carbocycles. The van der Waals surface area contributed by atoms with Crippen LogP contribution in [0.25, 0.3) is 16.9 Å². The number of nitrogens with one attached hydrogen (secondary N) is 1. The van der Waals surface area contributed by atoms with Crippen LogP contribution in [0.4, 0.5) is 5.69 Å². The van der Waals surface area contributed by atoms with Gasteiger partial charge in [-0.25, -0.2) is 5.10 Å². The lowest BCUT2D eigenvalue weighted by molar-refractivity contribution is 0.745. The molecule has 0 saturated carbocycles. The van der Waals surface area contributed by atoms with Gasteiger partial charge in [-0.3, -0.25) is 0 Å². The molecule has 0 radical (unpaired) electrons. The average molecular weight is 200 g/mol. The Morgan fingerprint density at radius 3 is 2.73 bits per heavy atom. The van der Waals surface area contributed by atoms with Gasteiger partial charge in [0.25, 0.3) is 0 Å². The fourth-order valence-electron chi connectivity index (χ4n) is 1.51. The molecule has 0 amide bonds. The van der Waals surface area contributed by atoms with Crippen molar-refractivity contribution in [2.45, 2.75) is 0 Å². The molecule has 3 aromatic rings. The van der Waals surface area contributed by atoms with Crippen LogP contribution in [-0.2, 0) is 0 Å². The normalized spacial score (nSPS) is 10.9. The second kappa shape index (κ2) is 2.81. The van der Waals surface area contributed by atoms with E-state index in [1.165, 1.54) is 4.63 Å². The van der Waals surface area contributed by atoms with Crippen LogP contribution in [0.1, 0.15) is 0 Å². The van der Waals surface area contributed by atoms with Crippen molar-refractivity contribution in [3.8, 4) is 11.3 Å². The lowest BCUT2D eigenvalue weighted by Gasteiger charge is -1.95. The minimum atomic E-state index is 0.561. The van der Waals surface area contributed by atoms with Crippen LogP contribution in [0.5, 0.6) is 0 Å². The number of hydrogen-bond donors (Lipinski definition) is 2. The summed E-state index contributed by atoms with van der Waals surface area (Å²) in [5.41, 5.74) is 8.79. The molecule has 2 aromatic heterocycles. The summed E-state index contributed by atoms with van der Waals surface area (Å²) in [6.45, 7) is 0. The van der Waals surface area contributed by atoms with Gasteiger partial charge in [-0.2, -0.15) is 0 Å². The first-order valence-corrected chi connectivity index (χ1v) is 4.47. The van der Waals surface area contributed by atoms with Crippen molar-refractivity contribution in [2.24, 2.45) is 0 Å². The van der Waals surface area contributed by atoms with Crippen LogP contribution in [0.3, 0.4) is 0 Å². The van der Waals surface area contributed by atoms with E-state index in [0.29, 0.717) is 11.3 Å². The predicted molar refractivity (Wildman–Crippen MR) is 55.0 cm³/mol. The summed E-state index contributed by atoms with van der Waals surface area (Å²) in [6, 6.07) is 9.72. The van der Waals surface area contributed by atoms with Gasteiger partial charge in [0.1, 0.15) is 11.4 Å². The van der Waals surface area contributed by atoms with Crippen LogP contribution in [-0.4, -0.2) is 25.3 Å². The quantitative estimate of drug-likeness (QED) is 0.605. The fourth-order valence-corrected chi connectivity index (χ4v) is 1.51. The molecule has 0 fully saturated rings. The van der Waals surface area contributed by atoms with Gasteiger partial charge in [0.05, 0.1) is 0 Å². The van der Waals surface area contributed by atoms with Crippen molar-refractivity contribution in [1.29, 1.82) is 0 Å². The van der Waals surface area contributed by atoms with Gasteiger partial charge in [-0.1, -0.05) is 30.3 Å². The van der Waals surface area contributed by atoms with Crippen LogP contribution in [0, 0.1) is 0 Å². The van der Waals surface area contributed by atoms with E-state index in [2.05, 4.69) is 20.6 Å². The van der Waals surface area contributed by atoms with E-state index >= 15 is 0 Å². The zero-order valence-corrected chi connectivity index (χ0v) is 7.75. The minimum absolute atomic E-state index is 0.561.